The van der Waals surface area contributed by atoms with E-state index in [2.05, 4.69) is 30.0 Å². The molecule has 0 amide bonds. The quantitative estimate of drug-likeness (QED) is 0.794. The highest BCUT2D eigenvalue weighted by Gasteiger charge is 2.13. The topological polar surface area (TPSA) is 25.6 Å². The fourth-order valence-electron chi connectivity index (χ4n) is 2.31. The van der Waals surface area contributed by atoms with E-state index in [1.54, 1.807) is 0 Å². The zero-order valence-electron chi connectivity index (χ0n) is 10.1. The number of hydrogen-bond acceptors (Lipinski definition) is 3. The van der Waals surface area contributed by atoms with E-state index in [1.165, 1.54) is 16.5 Å². The van der Waals surface area contributed by atoms with Crippen LogP contribution in [-0.2, 0) is 11.3 Å². The van der Waals surface area contributed by atoms with Gasteiger partial charge in [-0.05, 0) is 18.6 Å². The van der Waals surface area contributed by atoms with Gasteiger partial charge in [-0.25, -0.2) is 0 Å². The zero-order chi connectivity index (χ0) is 11.7. The first-order valence-electron chi connectivity index (χ1n) is 6.10. The van der Waals surface area contributed by atoms with Gasteiger partial charge in [-0.3, -0.25) is 4.90 Å². The fourth-order valence-corrected chi connectivity index (χ4v) is 2.31. The number of aryl methyl sites for hydroxylation is 1. The number of ether oxygens (including phenoxy) is 1. The van der Waals surface area contributed by atoms with Gasteiger partial charge >= 0.3 is 0 Å². The number of morpholine rings is 1. The third kappa shape index (κ3) is 2.21. The summed E-state index contributed by atoms with van der Waals surface area (Å²) in [6.45, 7) is 6.75. The number of rotatable bonds is 2. The van der Waals surface area contributed by atoms with Gasteiger partial charge in [0.1, 0.15) is 5.58 Å². The number of furan rings is 1. The Kier molecular flexibility index (Phi) is 2.87. The molecule has 0 aliphatic carbocycles. The largest absolute Gasteiger partial charge is 0.464 e. The Morgan fingerprint density at radius 2 is 2.06 bits per heavy atom. The van der Waals surface area contributed by atoms with Crippen molar-refractivity contribution in [3.63, 3.8) is 0 Å². The highest BCUT2D eigenvalue weighted by atomic mass is 16.5. The van der Waals surface area contributed by atoms with E-state index in [9.17, 15) is 0 Å². The lowest BCUT2D eigenvalue weighted by molar-refractivity contribution is 0.0342. The van der Waals surface area contributed by atoms with Crippen LogP contribution < -0.4 is 0 Å². The van der Waals surface area contributed by atoms with Gasteiger partial charge in [-0.1, -0.05) is 12.1 Å². The van der Waals surface area contributed by atoms with Crippen LogP contribution in [0.5, 0.6) is 0 Å². The normalized spacial score (nSPS) is 17.7. The molecule has 1 saturated heterocycles. The average molecular weight is 231 g/mol. The monoisotopic (exact) mass is 231 g/mol. The Morgan fingerprint density at radius 3 is 2.88 bits per heavy atom. The molecule has 3 heteroatoms. The van der Waals surface area contributed by atoms with Gasteiger partial charge in [0.2, 0.25) is 0 Å². The summed E-state index contributed by atoms with van der Waals surface area (Å²) in [6.07, 6.45) is 1.89. The Balaban J connectivity index is 1.84. The summed E-state index contributed by atoms with van der Waals surface area (Å²) in [5.74, 6) is 0. The molecule has 90 valence electrons. The van der Waals surface area contributed by atoms with E-state index in [1.807, 2.05) is 6.26 Å². The standard InChI is InChI=1S/C14H17NO2/c1-11-2-3-13-12(10-17-14(13)8-11)9-15-4-6-16-7-5-15/h2-3,8,10H,4-7,9H2,1H3. The maximum Gasteiger partial charge on any atom is 0.134 e. The van der Waals surface area contributed by atoms with Crippen molar-refractivity contribution < 1.29 is 9.15 Å². The van der Waals surface area contributed by atoms with Crippen LogP contribution in [0, 0.1) is 6.92 Å². The number of nitrogens with zero attached hydrogens (tertiary/aromatic N) is 1. The summed E-state index contributed by atoms with van der Waals surface area (Å²) in [7, 11) is 0. The molecule has 2 heterocycles. The molecule has 1 fully saturated rings. The minimum Gasteiger partial charge on any atom is -0.464 e. The molecule has 0 bridgehead atoms. The van der Waals surface area contributed by atoms with Crippen LogP contribution in [0.2, 0.25) is 0 Å². The van der Waals surface area contributed by atoms with E-state index in [4.69, 9.17) is 9.15 Å². The fraction of sp³-hybridized carbons (Fsp3) is 0.429. The second kappa shape index (κ2) is 4.51. The van der Waals surface area contributed by atoms with Crippen molar-refractivity contribution in [1.82, 2.24) is 4.90 Å². The van der Waals surface area contributed by atoms with Gasteiger partial charge in [0.05, 0.1) is 19.5 Å². The Hall–Kier alpha value is -1.32. The van der Waals surface area contributed by atoms with Crippen molar-refractivity contribution in [2.24, 2.45) is 0 Å². The van der Waals surface area contributed by atoms with Crippen LogP contribution >= 0.6 is 0 Å². The lowest BCUT2D eigenvalue weighted by Gasteiger charge is -2.26. The summed E-state index contributed by atoms with van der Waals surface area (Å²) in [5.41, 5.74) is 3.51. The van der Waals surface area contributed by atoms with Gasteiger partial charge in [-0.2, -0.15) is 0 Å². The summed E-state index contributed by atoms with van der Waals surface area (Å²) in [5, 5.41) is 1.24. The predicted molar refractivity (Wildman–Crippen MR) is 67.0 cm³/mol. The number of benzene rings is 1. The lowest BCUT2D eigenvalue weighted by atomic mass is 10.1. The van der Waals surface area contributed by atoms with Crippen LogP contribution in [-0.4, -0.2) is 31.2 Å². The van der Waals surface area contributed by atoms with Gasteiger partial charge in [0, 0.05) is 30.6 Å². The van der Waals surface area contributed by atoms with E-state index >= 15 is 0 Å². The molecular formula is C14H17NO2. The molecule has 3 nitrogen and oxygen atoms in total. The van der Waals surface area contributed by atoms with Gasteiger partial charge in [0.15, 0.2) is 0 Å². The molecule has 1 aliphatic heterocycles. The molecule has 0 unspecified atom stereocenters. The summed E-state index contributed by atoms with van der Waals surface area (Å²) in [6, 6.07) is 6.39. The Labute approximate surface area is 101 Å². The molecule has 17 heavy (non-hydrogen) atoms. The van der Waals surface area contributed by atoms with Gasteiger partial charge < -0.3 is 9.15 Å². The van der Waals surface area contributed by atoms with Crippen LogP contribution in [0.25, 0.3) is 11.0 Å². The predicted octanol–water partition coefficient (Wildman–Crippen LogP) is 2.57. The van der Waals surface area contributed by atoms with Crippen LogP contribution in [0.1, 0.15) is 11.1 Å². The first-order valence-corrected chi connectivity index (χ1v) is 6.10. The van der Waals surface area contributed by atoms with Crippen molar-refractivity contribution in [1.29, 1.82) is 0 Å². The first kappa shape index (κ1) is 10.8. The summed E-state index contributed by atoms with van der Waals surface area (Å²) in [4.78, 5) is 2.41. The molecular weight excluding hydrogens is 214 g/mol. The maximum absolute atomic E-state index is 5.61. The average Bonchev–Trinajstić information content (AvgIpc) is 2.73. The van der Waals surface area contributed by atoms with Crippen molar-refractivity contribution in [2.45, 2.75) is 13.5 Å². The molecule has 0 N–H and O–H groups in total. The van der Waals surface area contributed by atoms with Crippen molar-refractivity contribution >= 4 is 11.0 Å². The maximum atomic E-state index is 5.61. The van der Waals surface area contributed by atoms with Crippen molar-refractivity contribution in [3.05, 3.63) is 35.6 Å². The zero-order valence-corrected chi connectivity index (χ0v) is 10.1. The number of fused-ring (bicyclic) bond motifs is 1. The van der Waals surface area contributed by atoms with E-state index < -0.39 is 0 Å². The second-order valence-corrected chi connectivity index (χ2v) is 4.65. The smallest absolute Gasteiger partial charge is 0.134 e. The Bertz CT molecular complexity index is 512. The molecule has 1 aliphatic rings. The molecule has 1 aromatic carbocycles. The lowest BCUT2D eigenvalue weighted by Crippen LogP contribution is -2.35. The molecule has 1 aromatic heterocycles. The second-order valence-electron chi connectivity index (χ2n) is 4.65. The molecule has 0 radical (unpaired) electrons. The van der Waals surface area contributed by atoms with Crippen LogP contribution in [0.3, 0.4) is 0 Å². The summed E-state index contributed by atoms with van der Waals surface area (Å²) < 4.78 is 11.0. The Morgan fingerprint density at radius 1 is 1.24 bits per heavy atom. The van der Waals surface area contributed by atoms with Crippen molar-refractivity contribution in [3.8, 4) is 0 Å². The van der Waals surface area contributed by atoms with Crippen LogP contribution in [0.15, 0.2) is 28.9 Å². The van der Waals surface area contributed by atoms with E-state index in [0.29, 0.717) is 0 Å². The number of hydrogen-bond donors (Lipinski definition) is 0. The molecule has 2 aromatic rings. The third-order valence-corrected chi connectivity index (χ3v) is 3.31. The third-order valence-electron chi connectivity index (χ3n) is 3.31. The van der Waals surface area contributed by atoms with E-state index in [-0.39, 0.29) is 0 Å². The first-order chi connectivity index (χ1) is 8.33. The minimum absolute atomic E-state index is 0.842. The van der Waals surface area contributed by atoms with Crippen LogP contribution in [0.4, 0.5) is 0 Å². The minimum atomic E-state index is 0.842. The highest BCUT2D eigenvalue weighted by Crippen LogP contribution is 2.23. The molecule has 3 rings (SSSR count). The van der Waals surface area contributed by atoms with Gasteiger partial charge in [-0.15, -0.1) is 0 Å². The molecule has 0 atom stereocenters. The molecule has 0 spiro atoms. The highest BCUT2D eigenvalue weighted by molar-refractivity contribution is 5.81. The summed E-state index contributed by atoms with van der Waals surface area (Å²) >= 11 is 0. The van der Waals surface area contributed by atoms with Gasteiger partial charge in [0.25, 0.3) is 0 Å². The van der Waals surface area contributed by atoms with E-state index in [0.717, 1.165) is 38.4 Å². The molecule has 0 saturated carbocycles. The van der Waals surface area contributed by atoms with Crippen molar-refractivity contribution in [2.75, 3.05) is 26.3 Å². The SMILES string of the molecule is Cc1ccc2c(CN3CCOCC3)coc2c1.